The van der Waals surface area contributed by atoms with Crippen LogP contribution in [0.1, 0.15) is 118 Å². The maximum atomic E-state index is 12.2. The molecule has 0 unspecified atom stereocenters. The molecule has 0 aliphatic heterocycles. The Bertz CT molecular complexity index is 2260. The van der Waals surface area contributed by atoms with E-state index in [9.17, 15) is 9.90 Å². The molecule has 6 rings (SSSR count). The molecular weight excluding hydrogens is 867 g/mol. The summed E-state index contributed by atoms with van der Waals surface area (Å²) in [4.78, 5) is 18.6. The average molecular weight is 925 g/mol. The fraction of sp³-hybridized carbons (Fsp3) is 0.447. The van der Waals surface area contributed by atoms with Gasteiger partial charge in [-0.25, -0.2) is 0 Å². The van der Waals surface area contributed by atoms with Gasteiger partial charge in [0.1, 0.15) is 5.76 Å². The number of thiophene rings is 2. The van der Waals surface area contributed by atoms with Gasteiger partial charge < -0.3 is 5.11 Å². The Morgan fingerprint density at radius 2 is 1.45 bits per heavy atom. The summed E-state index contributed by atoms with van der Waals surface area (Å²) in [5, 5.41) is 16.6. The van der Waals surface area contributed by atoms with Crippen LogP contribution >= 0.6 is 22.7 Å². The van der Waals surface area contributed by atoms with Crippen molar-refractivity contribution in [3.63, 3.8) is 0 Å². The first-order chi connectivity index (χ1) is 24.5. The number of hydrogen-bond donors (Lipinski definition) is 1. The molecule has 285 valence electrons. The standard InChI is InChI=1S/C32H30NS2.C15H28O2.Ir/c1-18(2)15-25-19(3)34-30-23(25)11-12-24-28-27(35-31(24)30)13-14-33-29(28)21-16-20-9-7-8-10-22(20)26(17-21)32(4,5)6;1-7-14(5,8-2)12(16)11-13(17)15(6,9-3)10-4;/h7-14,17-18H,15H2,1-6H3;11,16H,7-10H2,1-6H3;/q-1;;/b;12-11-;. The molecule has 3 aromatic heterocycles. The van der Waals surface area contributed by atoms with Crippen molar-refractivity contribution in [3.8, 4) is 11.3 Å². The van der Waals surface area contributed by atoms with Crippen LogP contribution in [0.15, 0.2) is 66.6 Å². The van der Waals surface area contributed by atoms with Gasteiger partial charge in [0, 0.05) is 58.5 Å². The number of nitrogens with zero attached hydrogens (tertiary/aromatic N) is 1. The molecule has 0 saturated heterocycles. The van der Waals surface area contributed by atoms with Crippen LogP contribution in [0.3, 0.4) is 0 Å². The Hall–Kier alpha value is -2.89. The van der Waals surface area contributed by atoms with Crippen molar-refractivity contribution < 1.29 is 30.0 Å². The molecule has 0 bridgehead atoms. The minimum atomic E-state index is -0.337. The normalized spacial score (nSPS) is 12.8. The van der Waals surface area contributed by atoms with Gasteiger partial charge in [-0.15, -0.1) is 51.8 Å². The first-order valence-electron chi connectivity index (χ1n) is 19.1. The van der Waals surface area contributed by atoms with Crippen LogP contribution in [0.25, 0.3) is 52.3 Å². The number of allylic oxidation sites excluding steroid dienone is 2. The Morgan fingerprint density at radius 1 is 0.849 bits per heavy atom. The summed E-state index contributed by atoms with van der Waals surface area (Å²) in [5.41, 5.74) is 4.42. The van der Waals surface area contributed by atoms with Gasteiger partial charge in [0.2, 0.25) is 0 Å². The Labute approximate surface area is 339 Å². The van der Waals surface area contributed by atoms with Gasteiger partial charge in [-0.2, -0.15) is 0 Å². The number of carbonyl (C=O) groups excluding carboxylic acids is 1. The van der Waals surface area contributed by atoms with E-state index in [1.165, 1.54) is 57.7 Å². The minimum absolute atomic E-state index is 0. The van der Waals surface area contributed by atoms with Crippen molar-refractivity contribution in [1.82, 2.24) is 4.98 Å². The van der Waals surface area contributed by atoms with E-state index in [0.29, 0.717) is 5.92 Å². The predicted octanol–water partition coefficient (Wildman–Crippen LogP) is 14.7. The maximum Gasteiger partial charge on any atom is 0.164 e. The first-order valence-corrected chi connectivity index (χ1v) is 20.8. The zero-order chi connectivity index (χ0) is 38.2. The molecular formula is C47H58IrNO2S2-. The third-order valence-electron chi connectivity index (χ3n) is 11.6. The molecule has 0 aliphatic carbocycles. The van der Waals surface area contributed by atoms with Crippen LogP contribution in [0.2, 0.25) is 0 Å². The van der Waals surface area contributed by atoms with Crippen molar-refractivity contribution >= 4 is 69.5 Å². The van der Waals surface area contributed by atoms with Gasteiger partial charge in [0.15, 0.2) is 5.78 Å². The fourth-order valence-electron chi connectivity index (χ4n) is 7.03. The molecule has 0 aliphatic rings. The van der Waals surface area contributed by atoms with E-state index in [1.807, 2.05) is 70.4 Å². The van der Waals surface area contributed by atoms with Crippen LogP contribution in [-0.4, -0.2) is 15.9 Å². The topological polar surface area (TPSA) is 50.2 Å². The van der Waals surface area contributed by atoms with E-state index in [1.54, 1.807) is 0 Å². The van der Waals surface area contributed by atoms with E-state index in [4.69, 9.17) is 4.98 Å². The molecule has 3 heterocycles. The molecule has 0 fully saturated rings. The van der Waals surface area contributed by atoms with Gasteiger partial charge in [-0.1, -0.05) is 117 Å². The van der Waals surface area contributed by atoms with E-state index in [2.05, 4.69) is 96.1 Å². The number of aliphatic hydroxyl groups excluding tert-OH is 1. The van der Waals surface area contributed by atoms with Gasteiger partial charge in [0.25, 0.3) is 0 Å². The molecule has 3 aromatic carbocycles. The largest absolute Gasteiger partial charge is 0.512 e. The van der Waals surface area contributed by atoms with Crippen LogP contribution in [0.4, 0.5) is 0 Å². The number of benzene rings is 3. The molecule has 53 heavy (non-hydrogen) atoms. The van der Waals surface area contributed by atoms with Crippen molar-refractivity contribution in [1.29, 1.82) is 0 Å². The van der Waals surface area contributed by atoms with Crippen molar-refractivity contribution in [2.24, 2.45) is 16.7 Å². The van der Waals surface area contributed by atoms with E-state index < -0.39 is 0 Å². The van der Waals surface area contributed by atoms with Gasteiger partial charge in [0.05, 0.1) is 9.40 Å². The van der Waals surface area contributed by atoms with Crippen molar-refractivity contribution in [3.05, 3.63) is 88.6 Å². The number of fused-ring (bicyclic) bond motifs is 6. The number of pyridine rings is 1. The molecule has 1 radical (unpaired) electrons. The molecule has 1 N–H and O–H groups in total. The minimum Gasteiger partial charge on any atom is -0.512 e. The molecule has 3 nitrogen and oxygen atoms in total. The summed E-state index contributed by atoms with van der Waals surface area (Å²) in [5.74, 6) is 0.939. The van der Waals surface area contributed by atoms with Crippen LogP contribution < -0.4 is 0 Å². The molecule has 0 amide bonds. The number of ketones is 1. The predicted molar refractivity (Wildman–Crippen MR) is 229 cm³/mol. The number of aromatic nitrogens is 1. The second-order valence-electron chi connectivity index (χ2n) is 16.5. The Kier molecular flexibility index (Phi) is 13.6. The van der Waals surface area contributed by atoms with Crippen LogP contribution in [0.5, 0.6) is 0 Å². The zero-order valence-electron chi connectivity index (χ0n) is 33.8. The van der Waals surface area contributed by atoms with E-state index >= 15 is 0 Å². The number of aliphatic hydroxyl groups is 1. The second kappa shape index (κ2) is 16.9. The van der Waals surface area contributed by atoms with Gasteiger partial charge in [-0.3, -0.25) is 9.78 Å². The summed E-state index contributed by atoms with van der Waals surface area (Å²) in [7, 11) is 0. The first kappa shape index (κ1) is 42.8. The van der Waals surface area contributed by atoms with Crippen molar-refractivity contribution in [2.45, 2.75) is 121 Å². The zero-order valence-corrected chi connectivity index (χ0v) is 37.9. The van der Waals surface area contributed by atoms with E-state index in [-0.39, 0.29) is 47.9 Å². The summed E-state index contributed by atoms with van der Waals surface area (Å²) in [6.45, 7) is 25.9. The molecule has 6 heteroatoms. The quantitative estimate of drug-likeness (QED) is 0.0846. The Morgan fingerprint density at radius 3 is 2.06 bits per heavy atom. The molecule has 6 aromatic rings. The number of carbonyl (C=O) groups is 1. The fourth-order valence-corrected chi connectivity index (χ4v) is 9.55. The van der Waals surface area contributed by atoms with Gasteiger partial charge >= 0.3 is 0 Å². The SMILES string of the molecule is CCC(C)(CC)C(=O)/C=C(\O)C(C)(CC)CC.Cc1sc2c(ccc3c2sc2ccnc(-c4[c-]c5ccccc5c(C(C)(C)C)c4)c23)c1CC(C)C.[Ir]. The smallest absolute Gasteiger partial charge is 0.164 e. The number of aryl methyl sites for hydroxylation is 1. The Balaban J connectivity index is 0.000000299. The summed E-state index contributed by atoms with van der Waals surface area (Å²) in [6, 6.07) is 21.5. The summed E-state index contributed by atoms with van der Waals surface area (Å²) in [6.07, 6.45) is 7.86. The summed E-state index contributed by atoms with van der Waals surface area (Å²) < 4.78 is 4.13. The monoisotopic (exact) mass is 925 g/mol. The maximum absolute atomic E-state index is 12.2. The van der Waals surface area contributed by atoms with E-state index in [0.717, 1.165) is 48.7 Å². The third-order valence-corrected chi connectivity index (χ3v) is 14.1. The van der Waals surface area contributed by atoms with Crippen LogP contribution in [0, 0.1) is 29.7 Å². The van der Waals surface area contributed by atoms with Gasteiger partial charge in [-0.05, 0) is 78.1 Å². The number of hydrogen-bond acceptors (Lipinski definition) is 5. The van der Waals surface area contributed by atoms with Crippen LogP contribution in [-0.2, 0) is 36.7 Å². The molecule has 0 saturated carbocycles. The average Bonchev–Trinajstić information content (AvgIpc) is 3.66. The molecule has 0 atom stereocenters. The number of rotatable bonds is 10. The summed E-state index contributed by atoms with van der Waals surface area (Å²) >= 11 is 3.87. The second-order valence-corrected chi connectivity index (χ2v) is 18.8. The van der Waals surface area contributed by atoms with Crippen molar-refractivity contribution in [2.75, 3.05) is 0 Å². The third kappa shape index (κ3) is 8.52. The molecule has 0 spiro atoms.